The van der Waals surface area contributed by atoms with Crippen molar-refractivity contribution in [3.8, 4) is 0 Å². The predicted molar refractivity (Wildman–Crippen MR) is 159 cm³/mol. The standard InChI is InChI=1S/C28H38ClN7O2S/c1-3-17-34(18-4-2)27(30)31-28(33-39(37,38)35-19-8-9-20-35)36-21-16-25(22-10-6-5-7-11-22)26(32-36)23-12-14-24(29)15-13-23/h5-7,10-15,25H,3-4,8-9,16-21H2,1-2H3,(H2,30,31,33). The molecule has 2 aliphatic heterocycles. The summed E-state index contributed by atoms with van der Waals surface area (Å²) >= 11 is 6.18. The van der Waals surface area contributed by atoms with Crippen LogP contribution in [0, 0.1) is 0 Å². The molecular formula is C28H38ClN7O2S. The quantitative estimate of drug-likeness (QED) is 0.366. The number of hydrogen-bond donors (Lipinski definition) is 1. The van der Waals surface area contributed by atoms with Crippen LogP contribution in [0.5, 0.6) is 0 Å². The fraction of sp³-hybridized carbons (Fsp3) is 0.464. The second-order valence-electron chi connectivity index (χ2n) is 9.80. The Morgan fingerprint density at radius 2 is 1.67 bits per heavy atom. The van der Waals surface area contributed by atoms with E-state index in [0.717, 1.165) is 42.5 Å². The van der Waals surface area contributed by atoms with Crippen LogP contribution in [0.4, 0.5) is 0 Å². The van der Waals surface area contributed by atoms with Gasteiger partial charge in [-0.2, -0.15) is 22.8 Å². The predicted octanol–water partition coefficient (Wildman–Crippen LogP) is 4.67. The Bertz CT molecular complexity index is 1280. The van der Waals surface area contributed by atoms with Crippen LogP contribution in [0.3, 0.4) is 0 Å². The number of rotatable bonds is 8. The van der Waals surface area contributed by atoms with Gasteiger partial charge in [0.1, 0.15) is 0 Å². The van der Waals surface area contributed by atoms with Gasteiger partial charge in [0.15, 0.2) is 5.96 Å². The first kappa shape index (κ1) is 29.0. The summed E-state index contributed by atoms with van der Waals surface area (Å²) in [7, 11) is -3.95. The van der Waals surface area contributed by atoms with Crippen LogP contribution < -0.4 is 5.73 Å². The van der Waals surface area contributed by atoms with Gasteiger partial charge < -0.3 is 10.6 Å². The minimum atomic E-state index is -3.95. The van der Waals surface area contributed by atoms with Crippen molar-refractivity contribution < 1.29 is 8.42 Å². The Balaban J connectivity index is 1.81. The lowest BCUT2D eigenvalue weighted by Gasteiger charge is -2.31. The molecular weight excluding hydrogens is 534 g/mol. The fourth-order valence-corrected chi connectivity index (χ4v) is 6.23. The Morgan fingerprint density at radius 1 is 1.03 bits per heavy atom. The van der Waals surface area contributed by atoms with Crippen LogP contribution in [0.15, 0.2) is 69.1 Å². The minimum absolute atomic E-state index is 0.0121. The Kier molecular flexibility index (Phi) is 9.99. The zero-order valence-corrected chi connectivity index (χ0v) is 24.3. The molecule has 2 N–H and O–H groups in total. The highest BCUT2D eigenvalue weighted by Gasteiger charge is 2.31. The summed E-state index contributed by atoms with van der Waals surface area (Å²) in [4.78, 5) is 6.55. The maximum absolute atomic E-state index is 13.3. The van der Waals surface area contributed by atoms with E-state index in [1.54, 1.807) is 5.01 Å². The van der Waals surface area contributed by atoms with Crippen molar-refractivity contribution in [2.75, 3.05) is 32.7 Å². The number of hydrazone groups is 1. The van der Waals surface area contributed by atoms with Gasteiger partial charge in [0, 0.05) is 43.7 Å². The summed E-state index contributed by atoms with van der Waals surface area (Å²) < 4.78 is 32.2. The van der Waals surface area contributed by atoms with E-state index in [4.69, 9.17) is 22.4 Å². The molecule has 0 aliphatic carbocycles. The fourth-order valence-electron chi connectivity index (χ4n) is 4.93. The molecule has 0 saturated carbocycles. The third-order valence-corrected chi connectivity index (χ3v) is 8.54. The first-order valence-electron chi connectivity index (χ1n) is 13.7. The topological polar surface area (TPSA) is 107 Å². The molecule has 1 fully saturated rings. The van der Waals surface area contributed by atoms with Crippen LogP contribution in [-0.4, -0.2) is 73.0 Å². The molecule has 0 bridgehead atoms. The zero-order valence-electron chi connectivity index (χ0n) is 22.7. The molecule has 0 aromatic heterocycles. The summed E-state index contributed by atoms with van der Waals surface area (Å²) in [5, 5.41) is 7.18. The van der Waals surface area contributed by atoms with Crippen molar-refractivity contribution in [2.24, 2.45) is 20.2 Å². The lowest BCUT2D eigenvalue weighted by molar-refractivity contribution is 0.393. The van der Waals surface area contributed by atoms with Crippen LogP contribution in [0.25, 0.3) is 0 Å². The van der Waals surface area contributed by atoms with Gasteiger partial charge in [-0.05, 0) is 55.4 Å². The summed E-state index contributed by atoms with van der Waals surface area (Å²) in [5.74, 6) is 0.232. The molecule has 210 valence electrons. The average Bonchev–Trinajstić information content (AvgIpc) is 3.50. The molecule has 4 rings (SSSR count). The van der Waals surface area contributed by atoms with Crippen molar-refractivity contribution in [3.63, 3.8) is 0 Å². The summed E-state index contributed by atoms with van der Waals surface area (Å²) in [6, 6.07) is 17.7. The molecule has 9 nitrogen and oxygen atoms in total. The minimum Gasteiger partial charge on any atom is -0.369 e. The van der Waals surface area contributed by atoms with Crippen molar-refractivity contribution in [2.45, 2.75) is 51.9 Å². The van der Waals surface area contributed by atoms with E-state index in [9.17, 15) is 8.42 Å². The monoisotopic (exact) mass is 571 g/mol. The maximum atomic E-state index is 13.3. The molecule has 2 heterocycles. The number of nitrogens with two attached hydrogens (primary N) is 1. The maximum Gasteiger partial charge on any atom is 0.325 e. The van der Waals surface area contributed by atoms with E-state index in [1.165, 1.54) is 4.31 Å². The molecule has 1 unspecified atom stereocenters. The van der Waals surface area contributed by atoms with Gasteiger partial charge in [0.25, 0.3) is 5.96 Å². The molecule has 0 amide bonds. The van der Waals surface area contributed by atoms with Gasteiger partial charge in [-0.15, -0.1) is 4.40 Å². The lowest BCUT2D eigenvalue weighted by atomic mass is 9.86. The van der Waals surface area contributed by atoms with E-state index in [-0.39, 0.29) is 17.8 Å². The summed E-state index contributed by atoms with van der Waals surface area (Å²) in [6.07, 6.45) is 4.10. The number of guanidine groups is 2. The Morgan fingerprint density at radius 3 is 2.28 bits per heavy atom. The first-order chi connectivity index (χ1) is 18.8. The summed E-state index contributed by atoms with van der Waals surface area (Å²) in [5.41, 5.74) is 9.27. The van der Waals surface area contributed by atoms with E-state index in [1.807, 2.05) is 47.4 Å². The molecule has 0 radical (unpaired) electrons. The molecule has 2 aromatic rings. The van der Waals surface area contributed by atoms with Gasteiger partial charge in [0.2, 0.25) is 0 Å². The molecule has 2 aromatic carbocycles. The molecule has 2 aliphatic rings. The third kappa shape index (κ3) is 7.38. The van der Waals surface area contributed by atoms with Crippen LogP contribution in [0.1, 0.15) is 63.0 Å². The van der Waals surface area contributed by atoms with E-state index in [2.05, 4.69) is 35.4 Å². The van der Waals surface area contributed by atoms with E-state index < -0.39 is 10.2 Å². The van der Waals surface area contributed by atoms with Crippen LogP contribution in [-0.2, 0) is 10.2 Å². The van der Waals surface area contributed by atoms with Gasteiger partial charge in [-0.1, -0.05) is 67.9 Å². The summed E-state index contributed by atoms with van der Waals surface area (Å²) in [6.45, 7) is 6.90. The Labute approximate surface area is 237 Å². The second-order valence-corrected chi connectivity index (χ2v) is 11.8. The highest BCUT2D eigenvalue weighted by molar-refractivity contribution is 7.87. The van der Waals surface area contributed by atoms with Crippen molar-refractivity contribution >= 4 is 39.4 Å². The largest absolute Gasteiger partial charge is 0.369 e. The normalized spacial score (nSPS) is 19.3. The molecule has 1 atom stereocenters. The van der Waals surface area contributed by atoms with Gasteiger partial charge in [-0.3, -0.25) is 0 Å². The van der Waals surface area contributed by atoms with Crippen LogP contribution in [0.2, 0.25) is 5.02 Å². The van der Waals surface area contributed by atoms with Crippen molar-refractivity contribution in [1.82, 2.24) is 14.2 Å². The highest BCUT2D eigenvalue weighted by atomic mass is 35.5. The highest BCUT2D eigenvalue weighted by Crippen LogP contribution is 2.30. The molecule has 39 heavy (non-hydrogen) atoms. The van der Waals surface area contributed by atoms with Gasteiger partial charge in [-0.25, -0.2) is 5.01 Å². The van der Waals surface area contributed by atoms with Crippen molar-refractivity contribution in [3.05, 3.63) is 70.7 Å². The molecule has 11 heteroatoms. The van der Waals surface area contributed by atoms with Gasteiger partial charge in [0.05, 0.1) is 5.71 Å². The lowest BCUT2D eigenvalue weighted by Crippen LogP contribution is -2.42. The molecule has 1 saturated heterocycles. The van der Waals surface area contributed by atoms with Gasteiger partial charge >= 0.3 is 10.2 Å². The second kappa shape index (κ2) is 13.4. The smallest absolute Gasteiger partial charge is 0.325 e. The number of benzene rings is 2. The SMILES string of the molecule is CCCN(CCC)/C(N)=N/C(=N\S(=O)(=O)N1CCCC1)N1CCC(c2ccccc2)C(c2ccc(Cl)cc2)=N1. The first-order valence-corrected chi connectivity index (χ1v) is 15.5. The van der Waals surface area contributed by atoms with E-state index >= 15 is 0 Å². The zero-order chi connectivity index (χ0) is 27.8. The average molecular weight is 572 g/mol. The van der Waals surface area contributed by atoms with Crippen molar-refractivity contribution in [1.29, 1.82) is 0 Å². The number of nitrogens with zero attached hydrogens (tertiary/aromatic N) is 6. The number of halogens is 1. The van der Waals surface area contributed by atoms with Crippen LogP contribution >= 0.6 is 11.6 Å². The number of hydrogen-bond acceptors (Lipinski definition) is 3. The Hall–Kier alpha value is -2.95. The number of aliphatic imine (C=N–C) groups is 1. The third-order valence-electron chi connectivity index (χ3n) is 6.87. The van der Waals surface area contributed by atoms with E-state index in [0.29, 0.717) is 44.2 Å². The molecule has 0 spiro atoms.